The van der Waals surface area contributed by atoms with Gasteiger partial charge in [-0.1, -0.05) is 0 Å². The zero-order valence-corrected chi connectivity index (χ0v) is 14.6. The summed E-state index contributed by atoms with van der Waals surface area (Å²) < 4.78 is 26.6. The minimum atomic E-state index is -2.76. The maximum absolute atomic E-state index is 13.3. The van der Waals surface area contributed by atoms with Gasteiger partial charge in [0.25, 0.3) is 0 Å². The van der Waals surface area contributed by atoms with E-state index in [4.69, 9.17) is 0 Å². The van der Waals surface area contributed by atoms with Crippen molar-refractivity contribution in [3.63, 3.8) is 0 Å². The van der Waals surface area contributed by atoms with Crippen LogP contribution in [0.15, 0.2) is 24.3 Å². The molecule has 0 spiro atoms. The second-order valence-electron chi connectivity index (χ2n) is 6.73. The van der Waals surface area contributed by atoms with Crippen LogP contribution in [0.25, 0.3) is 0 Å². The van der Waals surface area contributed by atoms with E-state index < -0.39 is 5.92 Å². The maximum atomic E-state index is 13.3. The van der Waals surface area contributed by atoms with Crippen LogP contribution in [0.3, 0.4) is 0 Å². The predicted octanol–water partition coefficient (Wildman–Crippen LogP) is 5.08. The third kappa shape index (κ3) is 4.88. The Hall–Kier alpha value is -0.750. The Kier molecular flexibility index (Phi) is 5.77. The van der Waals surface area contributed by atoms with Crippen LogP contribution in [-0.2, 0) is 11.3 Å². The Morgan fingerprint density at radius 2 is 1.73 bits per heavy atom. The summed E-state index contributed by atoms with van der Waals surface area (Å²) in [7, 11) is 1.33. The van der Waals surface area contributed by atoms with Crippen LogP contribution in [0.1, 0.15) is 44.7 Å². The molecule has 0 amide bonds. The molecule has 1 heterocycles. The monoisotopic (exact) mass is 324 g/mol. The molecule has 22 heavy (non-hydrogen) atoms. The summed E-state index contributed by atoms with van der Waals surface area (Å²) in [5.41, 5.74) is 4.60. The van der Waals surface area contributed by atoms with Crippen molar-refractivity contribution >= 4 is 8.04 Å². The SMILES string of the molecule is CC(F)(F)c1ccc(C(C)(C)CCN2CCC#[P+]CC2)cc1. The van der Waals surface area contributed by atoms with Gasteiger partial charge in [0.1, 0.15) is 0 Å². The molecule has 2 rings (SSSR count). The first kappa shape index (κ1) is 17.6. The van der Waals surface area contributed by atoms with Gasteiger partial charge in [0.2, 0.25) is 0 Å². The van der Waals surface area contributed by atoms with Gasteiger partial charge in [0, 0.05) is 0 Å². The molecule has 1 aromatic carbocycles. The average Bonchev–Trinajstić information content (AvgIpc) is 2.73. The van der Waals surface area contributed by atoms with Crippen LogP contribution in [0.2, 0.25) is 0 Å². The van der Waals surface area contributed by atoms with Crippen molar-refractivity contribution < 1.29 is 8.78 Å². The molecule has 0 saturated carbocycles. The van der Waals surface area contributed by atoms with E-state index in [2.05, 4.69) is 24.4 Å². The quantitative estimate of drug-likeness (QED) is 0.683. The molecule has 1 aliphatic heterocycles. The number of benzene rings is 1. The fourth-order valence-electron chi connectivity index (χ4n) is 2.69. The number of nitrogens with zero attached hydrogens (tertiary/aromatic N) is 1. The normalized spacial score (nSPS) is 17.1. The Labute approximate surface area is 134 Å². The number of halogens is 2. The second kappa shape index (κ2) is 7.21. The fraction of sp³-hybridized carbons (Fsp3) is 0.611. The van der Waals surface area contributed by atoms with Gasteiger partial charge in [0.15, 0.2) is 0 Å². The standard InChI is InChI=1S/C18H25F2NP/c1-17(2,9-11-21-10-4-13-22-14-12-21)15-5-7-16(8-6-15)18(3,19)20/h5-8H,4,9-12,14H2,1-3H3/q+1. The molecule has 1 aromatic rings. The van der Waals surface area contributed by atoms with E-state index in [-0.39, 0.29) is 11.0 Å². The van der Waals surface area contributed by atoms with Gasteiger partial charge in [-0.2, -0.15) is 0 Å². The van der Waals surface area contributed by atoms with Crippen LogP contribution in [0.5, 0.6) is 0 Å². The Bertz CT molecular complexity index is 537. The average molecular weight is 324 g/mol. The molecule has 1 aliphatic rings. The summed E-state index contributed by atoms with van der Waals surface area (Å²) in [6, 6.07) is 6.84. The van der Waals surface area contributed by atoms with Crippen LogP contribution < -0.4 is 0 Å². The van der Waals surface area contributed by atoms with Gasteiger partial charge in [-0.25, -0.2) is 0 Å². The van der Waals surface area contributed by atoms with Gasteiger partial charge in [-0.05, 0) is 0 Å². The summed E-state index contributed by atoms with van der Waals surface area (Å²) in [6.45, 7) is 8.60. The number of hydrogen-bond acceptors (Lipinski definition) is 1. The van der Waals surface area contributed by atoms with Crippen LogP contribution in [-0.4, -0.2) is 30.7 Å². The van der Waals surface area contributed by atoms with E-state index in [9.17, 15) is 8.78 Å². The van der Waals surface area contributed by atoms with Crippen molar-refractivity contribution in [2.24, 2.45) is 0 Å². The van der Waals surface area contributed by atoms with Gasteiger partial charge in [-0.15, -0.1) is 0 Å². The van der Waals surface area contributed by atoms with Crippen LogP contribution >= 0.6 is 8.04 Å². The minimum absolute atomic E-state index is 0.000988. The van der Waals surface area contributed by atoms with E-state index in [1.165, 1.54) is 14.2 Å². The van der Waals surface area contributed by atoms with Crippen molar-refractivity contribution in [3.05, 3.63) is 35.4 Å². The molecular formula is C18H25F2NP+. The third-order valence-electron chi connectivity index (χ3n) is 4.41. The van der Waals surface area contributed by atoms with E-state index in [1.54, 1.807) is 12.1 Å². The molecule has 0 bridgehead atoms. The molecule has 4 heteroatoms. The summed E-state index contributed by atoms with van der Waals surface area (Å²) in [6.07, 6.45) is 3.24. The Morgan fingerprint density at radius 1 is 1.09 bits per heavy atom. The van der Waals surface area contributed by atoms with E-state index >= 15 is 0 Å². The molecule has 0 N–H and O–H groups in total. The van der Waals surface area contributed by atoms with Crippen molar-refractivity contribution in [3.8, 4) is 5.63 Å². The molecular weight excluding hydrogens is 299 g/mol. The first-order chi connectivity index (χ1) is 10.3. The summed E-state index contributed by atoms with van der Waals surface area (Å²) >= 11 is 0. The van der Waals surface area contributed by atoms with Crippen LogP contribution in [0.4, 0.5) is 8.78 Å². The van der Waals surface area contributed by atoms with E-state index in [1.807, 2.05) is 12.1 Å². The van der Waals surface area contributed by atoms with Crippen LogP contribution in [0, 0.1) is 5.63 Å². The first-order valence-corrected chi connectivity index (χ1v) is 8.97. The molecule has 0 aromatic heterocycles. The molecule has 0 radical (unpaired) electrons. The second-order valence-corrected chi connectivity index (χ2v) is 7.81. The molecule has 0 atom stereocenters. The number of hydrogen-bond donors (Lipinski definition) is 0. The van der Waals surface area contributed by atoms with E-state index in [0.29, 0.717) is 0 Å². The zero-order valence-electron chi connectivity index (χ0n) is 13.7. The molecule has 0 saturated heterocycles. The predicted molar refractivity (Wildman–Crippen MR) is 90.4 cm³/mol. The first-order valence-electron chi connectivity index (χ1n) is 7.89. The molecule has 0 unspecified atom stereocenters. The summed E-state index contributed by atoms with van der Waals surface area (Å²) in [5, 5.41) is 0. The molecule has 120 valence electrons. The van der Waals surface area contributed by atoms with Gasteiger partial charge < -0.3 is 0 Å². The van der Waals surface area contributed by atoms with Gasteiger partial charge in [0.05, 0.1) is 0 Å². The topological polar surface area (TPSA) is 3.24 Å². The number of rotatable bonds is 5. The summed E-state index contributed by atoms with van der Waals surface area (Å²) in [4.78, 5) is 2.49. The van der Waals surface area contributed by atoms with Crippen molar-refractivity contribution in [1.82, 2.24) is 4.90 Å². The van der Waals surface area contributed by atoms with Gasteiger partial charge >= 0.3 is 133 Å². The van der Waals surface area contributed by atoms with Gasteiger partial charge in [-0.3, -0.25) is 0 Å². The fourth-order valence-corrected chi connectivity index (χ4v) is 3.49. The van der Waals surface area contributed by atoms with Crippen molar-refractivity contribution in [2.75, 3.05) is 25.8 Å². The zero-order chi connectivity index (χ0) is 16.2. The third-order valence-corrected chi connectivity index (χ3v) is 5.28. The molecule has 0 aliphatic carbocycles. The van der Waals surface area contributed by atoms with Crippen molar-refractivity contribution in [2.45, 2.75) is 45.0 Å². The van der Waals surface area contributed by atoms with Crippen molar-refractivity contribution in [1.29, 1.82) is 0 Å². The Morgan fingerprint density at radius 3 is 2.36 bits per heavy atom. The molecule has 0 fully saturated rings. The van der Waals surface area contributed by atoms with E-state index in [0.717, 1.165) is 45.0 Å². The molecule has 1 nitrogen and oxygen atoms in total. The summed E-state index contributed by atoms with van der Waals surface area (Å²) in [5.74, 6) is -2.76. The number of alkyl halides is 2. The Balaban J connectivity index is 1.97.